The fourth-order valence-electron chi connectivity index (χ4n) is 0. The molecule has 0 atom stereocenters. The molecule has 0 spiro atoms. The summed E-state index contributed by atoms with van der Waals surface area (Å²) in [6.45, 7) is 0. The van der Waals surface area contributed by atoms with Gasteiger partial charge in [-0.15, -0.1) is 43.6 Å². The zero-order chi connectivity index (χ0) is 3.58. The molecule has 0 aliphatic carbocycles. The first-order chi connectivity index (χ1) is 1.73. The van der Waals surface area contributed by atoms with Gasteiger partial charge in [0, 0.05) is 9.76 Å². The molecule has 0 radical (unpaired) electrons. The molecule has 0 nitrogen and oxygen atoms in total. The second-order valence-corrected chi connectivity index (χ2v) is 37.5. The third kappa shape index (κ3) is 9.09. The molecule has 0 aliphatic heterocycles. The van der Waals surface area contributed by atoms with E-state index in [1.807, 2.05) is 0 Å². The lowest BCUT2D eigenvalue weighted by Crippen LogP contribution is -1.82. The van der Waals surface area contributed by atoms with E-state index in [4.69, 9.17) is 0 Å². The summed E-state index contributed by atoms with van der Waals surface area (Å²) in [6.07, 6.45) is 0. The van der Waals surface area contributed by atoms with Gasteiger partial charge in [0.1, 0.15) is 0 Å². The highest BCUT2D eigenvalue weighted by molar-refractivity contribution is 14.3. The molecule has 4 heavy (non-hydrogen) atoms. The molecule has 0 amide bonds. The normalized spacial score (nSPS) is 9.75. The van der Waals surface area contributed by atoms with Crippen LogP contribution in [0.1, 0.15) is 0 Å². The highest BCUT2D eigenvalue weighted by Gasteiger charge is 1.78. The molecule has 0 unspecified atom stereocenters. The molecular weight excluding hydrogens is 310 g/mol. The van der Waals surface area contributed by atoms with Crippen molar-refractivity contribution in [3.05, 3.63) is 0 Å². The smallest absolute Gasteiger partial charge is 0.114 e. The van der Waals surface area contributed by atoms with Crippen LogP contribution in [0, 0.1) is 0 Å². The molecule has 0 aromatic rings. The Morgan fingerprint density at radius 1 is 1.50 bits per heavy atom. The summed E-state index contributed by atoms with van der Waals surface area (Å²) in [5, 5.41) is 0. The quantitative estimate of drug-likeness (QED) is 0.334. The van der Waals surface area contributed by atoms with E-state index in [1.54, 1.807) is 0 Å². The maximum absolute atomic E-state index is 2.53. The number of halogens is 2. The van der Waals surface area contributed by atoms with E-state index in [9.17, 15) is 0 Å². The zero-order valence-electron chi connectivity index (χ0n) is 2.33. The van der Waals surface area contributed by atoms with Gasteiger partial charge in [-0.1, -0.05) is 0 Å². The van der Waals surface area contributed by atoms with Crippen LogP contribution in [-0.2, 0) is 0 Å². The monoisotopic (exact) mass is 314 g/mol. The Bertz CT molecular complexity index is 8.75. The minimum Gasteiger partial charge on any atom is -0.114 e. The summed E-state index contributed by atoms with van der Waals surface area (Å²) in [7, 11) is 1.46. The average molecular weight is 314 g/mol. The van der Waals surface area contributed by atoms with Crippen LogP contribution in [-0.4, -0.2) is 13.1 Å². The highest BCUT2D eigenvalue weighted by atomic mass is 127. The highest BCUT2D eigenvalue weighted by Crippen LogP contribution is 1.94. The third-order valence-corrected chi connectivity index (χ3v) is 0. The molecule has 0 fully saturated rings. The zero-order valence-corrected chi connectivity index (χ0v) is 9.80. The Hall–Kier alpha value is 1.89. The molecule has 0 rings (SSSR count). The van der Waals surface area contributed by atoms with Crippen molar-refractivity contribution in [2.45, 2.75) is 0 Å². The molecule has 0 aromatic heterocycles. The maximum Gasteiger partial charge on any atom is 0.157 e. The molecule has 26 valence electrons. The predicted octanol–water partition coefficient (Wildman–Crippen LogP) is -0.0610. The van der Waals surface area contributed by atoms with Crippen LogP contribution in [0.2, 0.25) is 0 Å². The van der Waals surface area contributed by atoms with Crippen LogP contribution in [0.5, 0.6) is 0 Å². The third-order valence-electron chi connectivity index (χ3n) is 0. The van der Waals surface area contributed by atoms with Gasteiger partial charge in [-0.2, -0.15) is 0 Å². The first kappa shape index (κ1) is 5.89. The molecule has 0 bridgehead atoms. The Kier molecular flexibility index (Phi) is 4.56. The molecule has 4 heteroatoms. The number of rotatable bonds is 0. The van der Waals surface area contributed by atoms with Gasteiger partial charge < -0.3 is 0 Å². The summed E-state index contributed by atoms with van der Waals surface area (Å²) < 4.78 is -0.0600. The SMILES string of the molecule is [SiH3][SiH](I)I. The van der Waals surface area contributed by atoms with E-state index in [2.05, 4.69) is 43.6 Å². The van der Waals surface area contributed by atoms with Crippen LogP contribution in [0.3, 0.4) is 0 Å². The summed E-state index contributed by atoms with van der Waals surface area (Å²) in [4.78, 5) is 0. The van der Waals surface area contributed by atoms with Crippen LogP contribution >= 0.6 is 43.6 Å². The Morgan fingerprint density at radius 2 is 1.50 bits per heavy atom. The second-order valence-electron chi connectivity index (χ2n) is 0.519. The van der Waals surface area contributed by atoms with Crippen molar-refractivity contribution in [2.24, 2.45) is 0 Å². The molecule has 0 N–H and O–H groups in total. The standard InChI is InChI=1S/H4I2Si2/c1-4(2)3/h4H,3H3. The topological polar surface area (TPSA) is 0 Å². The molecule has 0 aromatic carbocycles. The summed E-state index contributed by atoms with van der Waals surface area (Å²) in [6, 6.07) is 0. The van der Waals surface area contributed by atoms with Crippen molar-refractivity contribution in [1.29, 1.82) is 0 Å². The van der Waals surface area contributed by atoms with Crippen LogP contribution in [0.15, 0.2) is 0 Å². The fraction of sp³-hybridized carbons (Fsp3) is 0. The second kappa shape index (κ2) is 3.10. The fourth-order valence-corrected chi connectivity index (χ4v) is 0. The lowest BCUT2D eigenvalue weighted by Gasteiger charge is -1.69. The van der Waals surface area contributed by atoms with E-state index < -0.39 is 0 Å². The molecule has 0 heterocycles. The minimum atomic E-state index is -0.0600. The van der Waals surface area contributed by atoms with E-state index in [-0.39, 0.29) is 3.31 Å². The van der Waals surface area contributed by atoms with E-state index in [0.29, 0.717) is 0 Å². The Labute approximate surface area is 56.0 Å². The van der Waals surface area contributed by atoms with E-state index in [1.165, 1.54) is 9.76 Å². The van der Waals surface area contributed by atoms with Gasteiger partial charge in [-0.3, -0.25) is 0 Å². The molecule has 0 saturated heterocycles. The minimum absolute atomic E-state index is 0.0600. The van der Waals surface area contributed by atoms with Gasteiger partial charge in [0.2, 0.25) is 0 Å². The van der Waals surface area contributed by atoms with Crippen molar-refractivity contribution in [2.75, 3.05) is 0 Å². The number of hydrogen-bond donors (Lipinski definition) is 0. The maximum atomic E-state index is 2.53. The lowest BCUT2D eigenvalue weighted by molar-refractivity contribution is 4.64. The van der Waals surface area contributed by atoms with Gasteiger partial charge in [-0.25, -0.2) is 0 Å². The molecular formula is H4I2Si2. The van der Waals surface area contributed by atoms with Gasteiger partial charge >= 0.3 is 0 Å². The van der Waals surface area contributed by atoms with Gasteiger partial charge in [0.05, 0.1) is 0 Å². The van der Waals surface area contributed by atoms with E-state index >= 15 is 0 Å². The molecule has 0 aliphatic rings. The number of hydrogen-bond acceptors (Lipinski definition) is 0. The Morgan fingerprint density at radius 3 is 1.50 bits per heavy atom. The van der Waals surface area contributed by atoms with Gasteiger partial charge in [0.15, 0.2) is 3.31 Å². The lowest BCUT2D eigenvalue weighted by atomic mass is 27.1. The van der Waals surface area contributed by atoms with Crippen molar-refractivity contribution in [3.63, 3.8) is 0 Å². The largest absolute Gasteiger partial charge is 0.157 e. The van der Waals surface area contributed by atoms with Crippen LogP contribution in [0.25, 0.3) is 0 Å². The predicted molar refractivity (Wildman–Crippen MR) is 45.1 cm³/mol. The van der Waals surface area contributed by atoms with Crippen molar-refractivity contribution in [1.82, 2.24) is 0 Å². The van der Waals surface area contributed by atoms with Crippen molar-refractivity contribution >= 4 is 56.7 Å². The van der Waals surface area contributed by atoms with Gasteiger partial charge in [0.25, 0.3) is 0 Å². The first-order valence-electron chi connectivity index (χ1n) is 1.01. The van der Waals surface area contributed by atoms with Crippen LogP contribution in [0.4, 0.5) is 0 Å². The summed E-state index contributed by atoms with van der Waals surface area (Å²) in [5.41, 5.74) is 0. The summed E-state index contributed by atoms with van der Waals surface area (Å²) in [5.74, 6) is 0. The molecule has 0 saturated carbocycles. The van der Waals surface area contributed by atoms with Crippen molar-refractivity contribution < 1.29 is 0 Å². The van der Waals surface area contributed by atoms with Gasteiger partial charge in [-0.05, 0) is 0 Å². The average Bonchev–Trinajstić information content (AvgIpc) is 0.811. The van der Waals surface area contributed by atoms with Crippen LogP contribution < -0.4 is 0 Å². The summed E-state index contributed by atoms with van der Waals surface area (Å²) >= 11 is 5.06. The van der Waals surface area contributed by atoms with E-state index in [0.717, 1.165) is 0 Å². The Balaban J connectivity index is 2.32. The first-order valence-corrected chi connectivity index (χ1v) is 14.0. The van der Waals surface area contributed by atoms with Crippen molar-refractivity contribution in [3.8, 4) is 0 Å².